The molecule has 1 amide bonds. The minimum Gasteiger partial charge on any atom is -0.465 e. The monoisotopic (exact) mass is 283 g/mol. The highest BCUT2D eigenvalue weighted by Crippen LogP contribution is 2.43. The second kappa shape index (κ2) is 7.65. The van der Waals surface area contributed by atoms with Gasteiger partial charge in [-0.2, -0.15) is 0 Å². The molecule has 0 aromatic rings. The van der Waals surface area contributed by atoms with Gasteiger partial charge in [0.05, 0.1) is 12.0 Å². The molecule has 0 heterocycles. The van der Waals surface area contributed by atoms with Crippen LogP contribution in [0.25, 0.3) is 0 Å². The Kier molecular flexibility index (Phi) is 6.50. The van der Waals surface area contributed by atoms with E-state index in [9.17, 15) is 9.59 Å². The molecule has 116 valence electrons. The second-order valence-corrected chi connectivity index (χ2v) is 5.98. The van der Waals surface area contributed by atoms with Crippen molar-refractivity contribution in [2.24, 2.45) is 11.3 Å². The Morgan fingerprint density at radius 1 is 1.25 bits per heavy atom. The van der Waals surface area contributed by atoms with E-state index in [1.165, 1.54) is 12.8 Å². The van der Waals surface area contributed by atoms with Gasteiger partial charge in [-0.25, -0.2) is 0 Å². The van der Waals surface area contributed by atoms with Gasteiger partial charge >= 0.3 is 5.97 Å². The molecule has 1 fully saturated rings. The molecule has 0 N–H and O–H groups in total. The lowest BCUT2D eigenvalue weighted by molar-refractivity contribution is -0.154. The number of carbonyl (C=O) groups is 2. The summed E-state index contributed by atoms with van der Waals surface area (Å²) < 4.78 is 4.94. The van der Waals surface area contributed by atoms with Crippen LogP contribution in [0, 0.1) is 11.3 Å². The summed E-state index contributed by atoms with van der Waals surface area (Å²) in [6.07, 6.45) is 6.42. The van der Waals surface area contributed by atoms with Gasteiger partial charge < -0.3 is 9.64 Å². The lowest BCUT2D eigenvalue weighted by Crippen LogP contribution is -2.47. The van der Waals surface area contributed by atoms with Crippen molar-refractivity contribution in [2.45, 2.75) is 59.3 Å². The van der Waals surface area contributed by atoms with Crippen molar-refractivity contribution in [3.8, 4) is 0 Å². The van der Waals surface area contributed by atoms with Gasteiger partial charge in [-0.3, -0.25) is 9.59 Å². The van der Waals surface area contributed by atoms with Crippen molar-refractivity contribution < 1.29 is 14.3 Å². The van der Waals surface area contributed by atoms with Gasteiger partial charge in [0, 0.05) is 7.05 Å². The predicted molar refractivity (Wildman–Crippen MR) is 79.2 cm³/mol. The molecule has 0 aliphatic heterocycles. The van der Waals surface area contributed by atoms with Crippen LogP contribution in [0.1, 0.15) is 59.3 Å². The molecule has 4 heteroatoms. The molecule has 0 spiro atoms. The number of hydrogen-bond acceptors (Lipinski definition) is 3. The molecule has 4 nitrogen and oxygen atoms in total. The van der Waals surface area contributed by atoms with E-state index in [0.29, 0.717) is 12.5 Å². The summed E-state index contributed by atoms with van der Waals surface area (Å²) in [5.74, 6) is 0.172. The number of hydrogen-bond donors (Lipinski definition) is 0. The number of nitrogens with zero attached hydrogens (tertiary/aromatic N) is 1. The molecule has 1 rings (SSSR count). The first kappa shape index (κ1) is 17.0. The summed E-state index contributed by atoms with van der Waals surface area (Å²) >= 11 is 0. The van der Waals surface area contributed by atoms with Crippen LogP contribution in [0.4, 0.5) is 0 Å². The molecule has 1 saturated carbocycles. The van der Waals surface area contributed by atoms with Crippen LogP contribution in [0.3, 0.4) is 0 Å². The fourth-order valence-electron chi connectivity index (χ4n) is 3.44. The Morgan fingerprint density at radius 3 is 2.55 bits per heavy atom. The number of esters is 1. The minimum atomic E-state index is -0.323. The smallest absolute Gasteiger partial charge is 0.325 e. The summed E-state index contributed by atoms with van der Waals surface area (Å²) in [6, 6.07) is 0. The Labute approximate surface area is 122 Å². The molecule has 20 heavy (non-hydrogen) atoms. The van der Waals surface area contributed by atoms with E-state index in [4.69, 9.17) is 4.74 Å². The van der Waals surface area contributed by atoms with Crippen molar-refractivity contribution in [1.29, 1.82) is 0 Å². The van der Waals surface area contributed by atoms with Gasteiger partial charge in [-0.1, -0.05) is 33.1 Å². The predicted octanol–water partition coefficient (Wildman–Crippen LogP) is 3.00. The summed E-state index contributed by atoms with van der Waals surface area (Å²) in [6.45, 7) is 6.47. The summed E-state index contributed by atoms with van der Waals surface area (Å²) in [5, 5.41) is 0. The largest absolute Gasteiger partial charge is 0.465 e. The zero-order valence-corrected chi connectivity index (χ0v) is 13.4. The molecule has 0 bridgehead atoms. The van der Waals surface area contributed by atoms with Crippen LogP contribution >= 0.6 is 0 Å². The molecular formula is C16H29NO3. The summed E-state index contributed by atoms with van der Waals surface area (Å²) in [4.78, 5) is 26.0. The highest BCUT2D eigenvalue weighted by atomic mass is 16.5. The van der Waals surface area contributed by atoms with E-state index < -0.39 is 0 Å². The van der Waals surface area contributed by atoms with Crippen molar-refractivity contribution in [3.63, 3.8) is 0 Å². The Balaban J connectivity index is 2.81. The van der Waals surface area contributed by atoms with Gasteiger partial charge in [0.1, 0.15) is 6.54 Å². The second-order valence-electron chi connectivity index (χ2n) is 5.98. The first-order chi connectivity index (χ1) is 9.47. The van der Waals surface area contributed by atoms with E-state index in [2.05, 4.69) is 13.8 Å². The van der Waals surface area contributed by atoms with Crippen molar-refractivity contribution >= 4 is 11.9 Å². The summed E-state index contributed by atoms with van der Waals surface area (Å²) in [7, 11) is 1.72. The average molecular weight is 283 g/mol. The van der Waals surface area contributed by atoms with Crippen LogP contribution < -0.4 is 0 Å². The van der Waals surface area contributed by atoms with Crippen LogP contribution in [-0.2, 0) is 14.3 Å². The first-order valence-corrected chi connectivity index (χ1v) is 7.89. The lowest BCUT2D eigenvalue weighted by Gasteiger charge is -2.38. The van der Waals surface area contributed by atoms with Gasteiger partial charge in [0.2, 0.25) is 5.91 Å². The van der Waals surface area contributed by atoms with Crippen LogP contribution in [0.15, 0.2) is 0 Å². The van der Waals surface area contributed by atoms with Crippen molar-refractivity contribution in [1.82, 2.24) is 4.90 Å². The molecule has 0 saturated heterocycles. The summed E-state index contributed by atoms with van der Waals surface area (Å²) in [5.41, 5.74) is -0.294. The SMILES string of the molecule is CCOC(=O)CN(C)C(=O)C1(CC)CCCCCC1C. The molecule has 2 unspecified atom stereocenters. The molecule has 0 aromatic carbocycles. The molecule has 2 atom stereocenters. The fraction of sp³-hybridized carbons (Fsp3) is 0.875. The highest BCUT2D eigenvalue weighted by molar-refractivity contribution is 5.86. The Morgan fingerprint density at radius 2 is 1.95 bits per heavy atom. The van der Waals surface area contributed by atoms with E-state index in [1.807, 2.05) is 0 Å². The van der Waals surface area contributed by atoms with Crippen molar-refractivity contribution in [3.05, 3.63) is 0 Å². The van der Waals surface area contributed by atoms with Gasteiger partial charge in [0.25, 0.3) is 0 Å². The zero-order valence-electron chi connectivity index (χ0n) is 13.4. The standard InChI is InChI=1S/C16H29NO3/c1-5-16(11-9-7-8-10-13(16)3)15(19)17(4)12-14(18)20-6-2/h13H,5-12H2,1-4H3. The van der Waals surface area contributed by atoms with Crippen LogP contribution in [-0.4, -0.2) is 37.0 Å². The Hall–Kier alpha value is -1.06. The minimum absolute atomic E-state index is 0.0567. The van der Waals surface area contributed by atoms with E-state index in [0.717, 1.165) is 25.7 Å². The molecule has 1 aliphatic rings. The lowest BCUT2D eigenvalue weighted by atomic mass is 9.70. The molecular weight excluding hydrogens is 254 g/mol. The maximum Gasteiger partial charge on any atom is 0.325 e. The normalized spacial score (nSPS) is 26.7. The first-order valence-electron chi connectivity index (χ1n) is 7.89. The number of rotatable bonds is 5. The third kappa shape index (κ3) is 3.74. The van der Waals surface area contributed by atoms with Crippen LogP contribution in [0.2, 0.25) is 0 Å². The van der Waals surface area contributed by atoms with E-state index in [-0.39, 0.29) is 23.8 Å². The van der Waals surface area contributed by atoms with Gasteiger partial charge in [0.15, 0.2) is 0 Å². The van der Waals surface area contributed by atoms with E-state index >= 15 is 0 Å². The molecule has 0 radical (unpaired) electrons. The number of carbonyl (C=O) groups excluding carboxylic acids is 2. The third-order valence-electron chi connectivity index (χ3n) is 4.78. The van der Waals surface area contributed by atoms with E-state index in [1.54, 1.807) is 18.9 Å². The number of likely N-dealkylation sites (N-methyl/N-ethyl adjacent to an activating group) is 1. The van der Waals surface area contributed by atoms with Gasteiger partial charge in [-0.05, 0) is 32.1 Å². The number of amides is 1. The van der Waals surface area contributed by atoms with Crippen molar-refractivity contribution in [2.75, 3.05) is 20.2 Å². The molecule has 1 aliphatic carbocycles. The third-order valence-corrected chi connectivity index (χ3v) is 4.78. The maximum absolute atomic E-state index is 12.9. The fourth-order valence-corrected chi connectivity index (χ4v) is 3.44. The average Bonchev–Trinajstić information content (AvgIpc) is 2.60. The zero-order chi connectivity index (χ0) is 15.2. The quantitative estimate of drug-likeness (QED) is 0.575. The Bertz CT molecular complexity index is 343. The molecule has 0 aromatic heterocycles. The topological polar surface area (TPSA) is 46.6 Å². The maximum atomic E-state index is 12.9. The van der Waals surface area contributed by atoms with Crippen LogP contribution in [0.5, 0.6) is 0 Å². The highest BCUT2D eigenvalue weighted by Gasteiger charge is 2.43. The van der Waals surface area contributed by atoms with Gasteiger partial charge in [-0.15, -0.1) is 0 Å². The number of ether oxygens (including phenoxy) is 1.